The maximum atomic E-state index is 12.2. The Morgan fingerprint density at radius 1 is 1.15 bits per heavy atom. The van der Waals surface area contributed by atoms with Crippen molar-refractivity contribution in [2.24, 2.45) is 0 Å². The smallest absolute Gasteiger partial charge is 0.258 e. The zero-order valence-electron chi connectivity index (χ0n) is 11.3. The minimum Gasteiger partial charge on any atom is -0.496 e. The molecule has 0 aliphatic heterocycles. The van der Waals surface area contributed by atoms with Gasteiger partial charge in [0.2, 0.25) is 0 Å². The molecule has 20 heavy (non-hydrogen) atoms. The van der Waals surface area contributed by atoms with Gasteiger partial charge in [-0.15, -0.1) is 0 Å². The van der Waals surface area contributed by atoms with E-state index in [1.807, 2.05) is 43.3 Å². The van der Waals surface area contributed by atoms with E-state index in [4.69, 9.17) is 4.74 Å². The maximum absolute atomic E-state index is 12.2. The molecule has 0 aliphatic carbocycles. The summed E-state index contributed by atoms with van der Waals surface area (Å²) in [6.45, 7) is 1.94. The molecule has 0 fully saturated rings. The molecule has 3 aromatic rings. The molecular formula is C16H14N2O2. The fraction of sp³-hybridized carbons (Fsp3) is 0.125. The van der Waals surface area contributed by atoms with Crippen LogP contribution in [0.25, 0.3) is 16.9 Å². The molecule has 0 aliphatic rings. The molecule has 0 spiro atoms. The third-order valence-corrected chi connectivity index (χ3v) is 3.19. The van der Waals surface area contributed by atoms with E-state index in [1.54, 1.807) is 17.7 Å². The quantitative estimate of drug-likeness (QED) is 0.716. The molecule has 2 heterocycles. The molecule has 0 saturated carbocycles. The lowest BCUT2D eigenvalue weighted by Crippen LogP contribution is -2.14. The van der Waals surface area contributed by atoms with Crippen LogP contribution in [0.15, 0.2) is 53.5 Å². The summed E-state index contributed by atoms with van der Waals surface area (Å²) in [4.78, 5) is 16.7. The summed E-state index contributed by atoms with van der Waals surface area (Å²) in [6.07, 6.45) is 1.79. The average molecular weight is 266 g/mol. The Labute approximate surface area is 116 Å². The van der Waals surface area contributed by atoms with Crippen LogP contribution in [0, 0.1) is 6.92 Å². The van der Waals surface area contributed by atoms with Crippen molar-refractivity contribution in [3.05, 3.63) is 64.6 Å². The minimum absolute atomic E-state index is 0.0976. The predicted molar refractivity (Wildman–Crippen MR) is 78.2 cm³/mol. The molecule has 1 aromatic carbocycles. The first kappa shape index (κ1) is 12.4. The zero-order chi connectivity index (χ0) is 14.1. The lowest BCUT2D eigenvalue weighted by Gasteiger charge is -2.08. The van der Waals surface area contributed by atoms with Crippen LogP contribution < -0.4 is 10.3 Å². The topological polar surface area (TPSA) is 43.6 Å². The van der Waals surface area contributed by atoms with Gasteiger partial charge in [-0.3, -0.25) is 9.20 Å². The van der Waals surface area contributed by atoms with E-state index in [1.165, 1.54) is 6.07 Å². The number of fused-ring (bicyclic) bond motifs is 1. The fourth-order valence-corrected chi connectivity index (χ4v) is 2.20. The van der Waals surface area contributed by atoms with Crippen molar-refractivity contribution in [2.75, 3.05) is 7.11 Å². The van der Waals surface area contributed by atoms with Gasteiger partial charge in [-0.25, -0.2) is 4.98 Å². The van der Waals surface area contributed by atoms with Crippen LogP contribution in [0.1, 0.15) is 5.56 Å². The Morgan fingerprint density at radius 3 is 2.75 bits per heavy atom. The summed E-state index contributed by atoms with van der Waals surface area (Å²) >= 11 is 0. The van der Waals surface area contributed by atoms with Gasteiger partial charge < -0.3 is 4.74 Å². The molecule has 0 unspecified atom stereocenters. The van der Waals surface area contributed by atoms with Crippen LogP contribution in [0.2, 0.25) is 0 Å². The van der Waals surface area contributed by atoms with Gasteiger partial charge >= 0.3 is 0 Å². The van der Waals surface area contributed by atoms with Crippen molar-refractivity contribution in [3.63, 3.8) is 0 Å². The molecule has 2 aromatic heterocycles. The third kappa shape index (κ3) is 2.05. The number of rotatable bonds is 2. The van der Waals surface area contributed by atoms with Crippen LogP contribution in [-0.2, 0) is 0 Å². The van der Waals surface area contributed by atoms with E-state index in [-0.39, 0.29) is 5.56 Å². The van der Waals surface area contributed by atoms with E-state index in [0.29, 0.717) is 17.1 Å². The molecule has 0 amide bonds. The van der Waals surface area contributed by atoms with Crippen LogP contribution in [0.5, 0.6) is 5.75 Å². The summed E-state index contributed by atoms with van der Waals surface area (Å²) in [6, 6.07) is 12.9. The summed E-state index contributed by atoms with van der Waals surface area (Å²) in [5.74, 6) is 0.705. The molecule has 0 atom stereocenters. The van der Waals surface area contributed by atoms with Gasteiger partial charge in [0.1, 0.15) is 11.4 Å². The number of benzene rings is 1. The first-order valence-electron chi connectivity index (χ1n) is 6.32. The number of ether oxygens (including phenoxy) is 1. The Morgan fingerprint density at radius 2 is 1.95 bits per heavy atom. The minimum atomic E-state index is -0.0976. The monoisotopic (exact) mass is 266 g/mol. The largest absolute Gasteiger partial charge is 0.496 e. The lowest BCUT2D eigenvalue weighted by atomic mass is 10.1. The number of aryl methyl sites for hydroxylation is 1. The number of methoxy groups -OCH3 is 1. The number of aromatic nitrogens is 2. The van der Waals surface area contributed by atoms with Gasteiger partial charge in [-0.1, -0.05) is 18.2 Å². The Balaban J connectivity index is 2.28. The van der Waals surface area contributed by atoms with Crippen molar-refractivity contribution in [1.82, 2.24) is 9.38 Å². The molecule has 4 nitrogen and oxygen atoms in total. The van der Waals surface area contributed by atoms with E-state index in [9.17, 15) is 4.79 Å². The van der Waals surface area contributed by atoms with Gasteiger partial charge in [-0.05, 0) is 30.7 Å². The number of nitrogens with zero attached hydrogens (tertiary/aromatic N) is 2. The van der Waals surface area contributed by atoms with Crippen LogP contribution in [-0.4, -0.2) is 16.5 Å². The number of para-hydroxylation sites is 1. The number of hydrogen-bond acceptors (Lipinski definition) is 3. The van der Waals surface area contributed by atoms with E-state index < -0.39 is 0 Å². The van der Waals surface area contributed by atoms with Crippen molar-refractivity contribution in [3.8, 4) is 17.0 Å². The molecule has 4 heteroatoms. The Bertz CT molecular complexity index is 837. The van der Waals surface area contributed by atoms with Crippen LogP contribution in [0.3, 0.4) is 0 Å². The maximum Gasteiger partial charge on any atom is 0.258 e. The first-order chi connectivity index (χ1) is 9.69. The molecule has 3 rings (SSSR count). The fourth-order valence-electron chi connectivity index (χ4n) is 2.20. The summed E-state index contributed by atoms with van der Waals surface area (Å²) in [5.41, 5.74) is 2.99. The normalized spacial score (nSPS) is 10.7. The second-order valence-corrected chi connectivity index (χ2v) is 4.61. The summed E-state index contributed by atoms with van der Waals surface area (Å²) in [5, 5.41) is 0. The second kappa shape index (κ2) is 4.81. The number of hydrogen-bond donors (Lipinski definition) is 0. The highest BCUT2D eigenvalue weighted by Gasteiger charge is 2.09. The third-order valence-electron chi connectivity index (χ3n) is 3.19. The Kier molecular flexibility index (Phi) is 2.99. The molecule has 100 valence electrons. The van der Waals surface area contributed by atoms with Crippen LogP contribution in [0.4, 0.5) is 0 Å². The standard InChI is InChI=1S/C16H14N2O2/c1-11-7-8-15-17-13(9-16(19)18(15)10-11)12-5-3-4-6-14(12)20-2/h3-10H,1-2H3. The van der Waals surface area contributed by atoms with Gasteiger partial charge in [-0.2, -0.15) is 0 Å². The molecular weight excluding hydrogens is 252 g/mol. The van der Waals surface area contributed by atoms with Gasteiger partial charge in [0, 0.05) is 17.8 Å². The second-order valence-electron chi connectivity index (χ2n) is 4.61. The van der Waals surface area contributed by atoms with Gasteiger partial charge in [0.05, 0.1) is 12.8 Å². The van der Waals surface area contributed by atoms with Crippen molar-refractivity contribution >= 4 is 5.65 Å². The Hall–Kier alpha value is -2.62. The van der Waals surface area contributed by atoms with E-state index in [2.05, 4.69) is 4.98 Å². The van der Waals surface area contributed by atoms with Gasteiger partial charge in [0.15, 0.2) is 0 Å². The highest BCUT2D eigenvalue weighted by atomic mass is 16.5. The van der Waals surface area contributed by atoms with E-state index in [0.717, 1.165) is 11.1 Å². The molecule has 0 N–H and O–H groups in total. The predicted octanol–water partition coefficient (Wildman–Crippen LogP) is 2.68. The zero-order valence-corrected chi connectivity index (χ0v) is 11.3. The highest BCUT2D eigenvalue weighted by Crippen LogP contribution is 2.27. The van der Waals surface area contributed by atoms with Gasteiger partial charge in [0.25, 0.3) is 5.56 Å². The van der Waals surface area contributed by atoms with E-state index >= 15 is 0 Å². The van der Waals surface area contributed by atoms with Crippen molar-refractivity contribution in [2.45, 2.75) is 6.92 Å². The SMILES string of the molecule is COc1ccccc1-c1cc(=O)n2cc(C)ccc2n1. The lowest BCUT2D eigenvalue weighted by molar-refractivity contribution is 0.416. The summed E-state index contributed by atoms with van der Waals surface area (Å²) in [7, 11) is 1.61. The molecule has 0 bridgehead atoms. The van der Waals surface area contributed by atoms with Crippen molar-refractivity contribution in [1.29, 1.82) is 0 Å². The molecule has 0 saturated heterocycles. The average Bonchev–Trinajstić information content (AvgIpc) is 2.47. The van der Waals surface area contributed by atoms with Crippen molar-refractivity contribution < 1.29 is 4.74 Å². The summed E-state index contributed by atoms with van der Waals surface area (Å²) < 4.78 is 6.87. The first-order valence-corrected chi connectivity index (χ1v) is 6.32. The highest BCUT2D eigenvalue weighted by molar-refractivity contribution is 5.68. The molecule has 0 radical (unpaired) electrons. The number of pyridine rings is 1. The van der Waals surface area contributed by atoms with Crippen LogP contribution >= 0.6 is 0 Å².